The predicted octanol–water partition coefficient (Wildman–Crippen LogP) is 3.69. The molecule has 2 aromatic carbocycles. The first-order valence-electron chi connectivity index (χ1n) is 8.94. The molecule has 134 valence electrons. The summed E-state index contributed by atoms with van der Waals surface area (Å²) >= 11 is 0. The number of rotatable bonds is 7. The van der Waals surface area contributed by atoms with Gasteiger partial charge in [-0.25, -0.2) is 0 Å². The number of ether oxygens (including phenoxy) is 2. The van der Waals surface area contributed by atoms with Gasteiger partial charge in [-0.2, -0.15) is 0 Å². The molecule has 4 nitrogen and oxygen atoms in total. The zero-order valence-electron chi connectivity index (χ0n) is 15.5. The van der Waals surface area contributed by atoms with Crippen molar-refractivity contribution in [2.45, 2.75) is 40.3 Å². The SMILES string of the molecule is Cc1cc(C)c(CN(CCCN)Cc2ccc3c(c2)OCO3)c(C)c1. The van der Waals surface area contributed by atoms with E-state index in [0.29, 0.717) is 13.3 Å². The summed E-state index contributed by atoms with van der Waals surface area (Å²) in [6.45, 7) is 10.4. The van der Waals surface area contributed by atoms with Gasteiger partial charge in [-0.15, -0.1) is 0 Å². The van der Waals surface area contributed by atoms with Gasteiger partial charge in [-0.1, -0.05) is 23.8 Å². The Kier molecular flexibility index (Phi) is 5.61. The largest absolute Gasteiger partial charge is 0.454 e. The Bertz CT molecular complexity index is 720. The molecule has 2 N–H and O–H groups in total. The molecule has 1 aliphatic rings. The lowest BCUT2D eigenvalue weighted by Crippen LogP contribution is -2.26. The Balaban J connectivity index is 1.78. The highest BCUT2D eigenvalue weighted by atomic mass is 16.7. The summed E-state index contributed by atoms with van der Waals surface area (Å²) in [6.07, 6.45) is 0.995. The lowest BCUT2D eigenvalue weighted by Gasteiger charge is -2.25. The van der Waals surface area contributed by atoms with E-state index in [9.17, 15) is 0 Å². The van der Waals surface area contributed by atoms with E-state index in [-0.39, 0.29) is 0 Å². The zero-order chi connectivity index (χ0) is 17.8. The van der Waals surface area contributed by atoms with Crippen molar-refractivity contribution in [3.8, 4) is 11.5 Å². The molecule has 0 fully saturated rings. The van der Waals surface area contributed by atoms with E-state index >= 15 is 0 Å². The smallest absolute Gasteiger partial charge is 0.231 e. The standard InChI is InChI=1S/C21H28N2O2/c1-15-9-16(2)19(17(3)10-15)13-23(8-4-7-22)12-18-5-6-20-21(11-18)25-14-24-20/h5-6,9-11H,4,7-8,12-14,22H2,1-3H3. The highest BCUT2D eigenvalue weighted by Crippen LogP contribution is 2.33. The van der Waals surface area contributed by atoms with Crippen LogP contribution in [0.4, 0.5) is 0 Å². The van der Waals surface area contributed by atoms with E-state index in [4.69, 9.17) is 15.2 Å². The lowest BCUT2D eigenvalue weighted by molar-refractivity contribution is 0.174. The van der Waals surface area contributed by atoms with Crippen molar-refractivity contribution < 1.29 is 9.47 Å². The van der Waals surface area contributed by atoms with E-state index in [0.717, 1.165) is 37.6 Å². The average Bonchev–Trinajstić information content (AvgIpc) is 3.03. The van der Waals surface area contributed by atoms with Crippen LogP contribution in [0.1, 0.15) is 34.2 Å². The highest BCUT2D eigenvalue weighted by Gasteiger charge is 2.16. The van der Waals surface area contributed by atoms with Crippen LogP contribution in [0.3, 0.4) is 0 Å². The van der Waals surface area contributed by atoms with Crippen molar-refractivity contribution >= 4 is 0 Å². The molecule has 0 aliphatic carbocycles. The van der Waals surface area contributed by atoms with Gasteiger partial charge in [0.05, 0.1) is 0 Å². The van der Waals surface area contributed by atoms with Gasteiger partial charge in [-0.05, 0) is 68.1 Å². The minimum Gasteiger partial charge on any atom is -0.454 e. The maximum atomic E-state index is 5.75. The molecule has 2 aromatic rings. The first kappa shape index (κ1) is 17.8. The molecule has 0 amide bonds. The highest BCUT2D eigenvalue weighted by molar-refractivity contribution is 5.44. The van der Waals surface area contributed by atoms with Crippen LogP contribution in [-0.2, 0) is 13.1 Å². The summed E-state index contributed by atoms with van der Waals surface area (Å²) in [7, 11) is 0. The molecule has 0 radical (unpaired) electrons. The monoisotopic (exact) mass is 340 g/mol. The second-order valence-electron chi connectivity index (χ2n) is 6.92. The second kappa shape index (κ2) is 7.89. The molecule has 3 rings (SSSR count). The molecule has 0 atom stereocenters. The van der Waals surface area contributed by atoms with Crippen LogP contribution in [0.25, 0.3) is 0 Å². The molecule has 0 saturated heterocycles. The topological polar surface area (TPSA) is 47.7 Å². The van der Waals surface area contributed by atoms with Crippen LogP contribution >= 0.6 is 0 Å². The Morgan fingerprint density at radius 3 is 2.40 bits per heavy atom. The molecule has 0 aromatic heterocycles. The summed E-state index contributed by atoms with van der Waals surface area (Å²) in [5.74, 6) is 1.68. The van der Waals surface area contributed by atoms with Gasteiger partial charge in [0.2, 0.25) is 6.79 Å². The van der Waals surface area contributed by atoms with Gasteiger partial charge in [0.15, 0.2) is 11.5 Å². The predicted molar refractivity (Wildman–Crippen MR) is 101 cm³/mol. The average molecular weight is 340 g/mol. The van der Waals surface area contributed by atoms with Gasteiger partial charge in [0.25, 0.3) is 0 Å². The minimum atomic E-state index is 0.317. The van der Waals surface area contributed by atoms with Crippen LogP contribution in [0.2, 0.25) is 0 Å². The second-order valence-corrected chi connectivity index (χ2v) is 6.92. The summed E-state index contributed by atoms with van der Waals surface area (Å²) in [5, 5.41) is 0. The van der Waals surface area contributed by atoms with Crippen molar-refractivity contribution in [1.29, 1.82) is 0 Å². The molecule has 0 bridgehead atoms. The molecule has 1 aliphatic heterocycles. The molecular formula is C21H28N2O2. The molecule has 1 heterocycles. The maximum absolute atomic E-state index is 5.75. The third-order valence-corrected chi connectivity index (χ3v) is 4.74. The third kappa shape index (κ3) is 4.33. The number of benzene rings is 2. The number of aryl methyl sites for hydroxylation is 3. The Hall–Kier alpha value is -2.04. The van der Waals surface area contributed by atoms with Crippen LogP contribution in [-0.4, -0.2) is 24.8 Å². The first-order valence-corrected chi connectivity index (χ1v) is 8.94. The van der Waals surface area contributed by atoms with Crippen molar-refractivity contribution in [2.24, 2.45) is 5.73 Å². The fourth-order valence-corrected chi connectivity index (χ4v) is 3.51. The van der Waals surface area contributed by atoms with Crippen molar-refractivity contribution in [2.75, 3.05) is 19.9 Å². The van der Waals surface area contributed by atoms with Gasteiger partial charge in [0, 0.05) is 19.6 Å². The van der Waals surface area contributed by atoms with Crippen LogP contribution in [0.5, 0.6) is 11.5 Å². The number of hydrogen-bond donors (Lipinski definition) is 1. The van der Waals surface area contributed by atoms with E-state index in [1.54, 1.807) is 0 Å². The molecule has 0 spiro atoms. The summed E-state index contributed by atoms with van der Waals surface area (Å²) in [6, 6.07) is 10.7. The van der Waals surface area contributed by atoms with E-state index in [2.05, 4.69) is 49.9 Å². The van der Waals surface area contributed by atoms with Gasteiger partial charge in [-0.3, -0.25) is 4.90 Å². The van der Waals surface area contributed by atoms with Crippen LogP contribution in [0.15, 0.2) is 30.3 Å². The van der Waals surface area contributed by atoms with Gasteiger partial charge < -0.3 is 15.2 Å². The van der Waals surface area contributed by atoms with Crippen LogP contribution in [0, 0.1) is 20.8 Å². The Morgan fingerprint density at radius 2 is 1.68 bits per heavy atom. The number of fused-ring (bicyclic) bond motifs is 1. The fourth-order valence-electron chi connectivity index (χ4n) is 3.51. The Morgan fingerprint density at radius 1 is 0.960 bits per heavy atom. The summed E-state index contributed by atoms with van der Waals surface area (Å²) in [5.41, 5.74) is 12.5. The molecule has 25 heavy (non-hydrogen) atoms. The molecule has 0 saturated carbocycles. The minimum absolute atomic E-state index is 0.317. The zero-order valence-corrected chi connectivity index (χ0v) is 15.5. The van der Waals surface area contributed by atoms with E-state index < -0.39 is 0 Å². The maximum Gasteiger partial charge on any atom is 0.231 e. The first-order chi connectivity index (χ1) is 12.1. The van der Waals surface area contributed by atoms with Crippen molar-refractivity contribution in [1.82, 2.24) is 4.90 Å². The fraction of sp³-hybridized carbons (Fsp3) is 0.429. The lowest BCUT2D eigenvalue weighted by atomic mass is 9.99. The van der Waals surface area contributed by atoms with Crippen molar-refractivity contribution in [3.63, 3.8) is 0 Å². The molecule has 4 heteroatoms. The number of nitrogens with zero attached hydrogens (tertiary/aromatic N) is 1. The molecule has 0 unspecified atom stereocenters. The van der Waals surface area contributed by atoms with Gasteiger partial charge in [0.1, 0.15) is 0 Å². The van der Waals surface area contributed by atoms with Gasteiger partial charge >= 0.3 is 0 Å². The normalized spacial score (nSPS) is 12.8. The van der Waals surface area contributed by atoms with E-state index in [1.807, 2.05) is 6.07 Å². The van der Waals surface area contributed by atoms with E-state index in [1.165, 1.54) is 27.8 Å². The quantitative estimate of drug-likeness (QED) is 0.835. The third-order valence-electron chi connectivity index (χ3n) is 4.74. The Labute approximate surface area is 150 Å². The summed E-state index contributed by atoms with van der Waals surface area (Å²) < 4.78 is 10.9. The number of nitrogens with two attached hydrogens (primary N) is 1. The van der Waals surface area contributed by atoms with Crippen LogP contribution < -0.4 is 15.2 Å². The molecular weight excluding hydrogens is 312 g/mol. The summed E-state index contributed by atoms with van der Waals surface area (Å²) in [4.78, 5) is 2.47. The van der Waals surface area contributed by atoms with Crippen molar-refractivity contribution in [3.05, 3.63) is 58.1 Å². The number of hydrogen-bond acceptors (Lipinski definition) is 4.